The fourth-order valence-electron chi connectivity index (χ4n) is 3.08. The molecule has 2 N–H and O–H groups in total. The third-order valence-corrected chi connectivity index (χ3v) is 4.39. The van der Waals surface area contributed by atoms with E-state index in [4.69, 9.17) is 15.1 Å². The van der Waals surface area contributed by atoms with Crippen LogP contribution in [0.1, 0.15) is 0 Å². The highest BCUT2D eigenvalue weighted by atomic mass is 16.3. The predicted octanol–water partition coefficient (Wildman–Crippen LogP) is 1.15. The van der Waals surface area contributed by atoms with E-state index in [2.05, 4.69) is 25.1 Å². The molecule has 2 aromatic heterocycles. The zero-order valence-corrected chi connectivity index (χ0v) is 14.4. The molecule has 1 aromatic carbocycles. The molecule has 1 aliphatic heterocycles. The van der Waals surface area contributed by atoms with Crippen molar-refractivity contribution in [2.45, 2.75) is 0 Å². The molecule has 0 aliphatic carbocycles. The van der Waals surface area contributed by atoms with Crippen LogP contribution in [0.25, 0.3) is 10.9 Å². The van der Waals surface area contributed by atoms with Crippen molar-refractivity contribution in [2.75, 3.05) is 54.4 Å². The molecular weight excluding hydrogens is 330 g/mol. The van der Waals surface area contributed by atoms with Gasteiger partial charge in [-0.2, -0.15) is 4.98 Å². The second-order valence-electron chi connectivity index (χ2n) is 6.06. The highest BCUT2D eigenvalue weighted by molar-refractivity contribution is 5.90. The number of hydrogen-bond acceptors (Lipinski definition) is 8. The topological polar surface area (TPSA) is 90.3 Å². The Bertz CT molecular complexity index is 866. The Kier molecular flexibility index (Phi) is 4.74. The second-order valence-corrected chi connectivity index (χ2v) is 6.06. The van der Waals surface area contributed by atoms with Crippen LogP contribution in [-0.2, 0) is 0 Å². The third kappa shape index (κ3) is 3.36. The average molecular weight is 351 g/mol. The molecule has 1 fully saturated rings. The van der Waals surface area contributed by atoms with Gasteiger partial charge in [-0.3, -0.25) is 0 Å². The molecule has 4 rings (SSSR count). The van der Waals surface area contributed by atoms with Gasteiger partial charge in [0.25, 0.3) is 0 Å². The normalized spacial score (nSPS) is 14.7. The number of aromatic nitrogens is 4. The lowest BCUT2D eigenvalue weighted by Gasteiger charge is -2.34. The van der Waals surface area contributed by atoms with Crippen LogP contribution in [0.2, 0.25) is 0 Å². The molecule has 3 heterocycles. The Morgan fingerprint density at radius 1 is 0.885 bits per heavy atom. The monoisotopic (exact) mass is 351 g/mol. The van der Waals surface area contributed by atoms with Crippen LogP contribution in [-0.4, -0.2) is 64.4 Å². The summed E-state index contributed by atoms with van der Waals surface area (Å²) in [5, 5.41) is 13.3. The number of aliphatic hydroxyl groups is 1. The Morgan fingerprint density at radius 3 is 2.31 bits per heavy atom. The van der Waals surface area contributed by atoms with Gasteiger partial charge in [0.1, 0.15) is 5.82 Å². The van der Waals surface area contributed by atoms with Crippen LogP contribution < -0.4 is 15.1 Å². The van der Waals surface area contributed by atoms with E-state index in [1.165, 1.54) is 0 Å². The Balaban J connectivity index is 1.55. The Morgan fingerprint density at radius 2 is 1.58 bits per heavy atom. The lowest BCUT2D eigenvalue weighted by Crippen LogP contribution is -2.47. The summed E-state index contributed by atoms with van der Waals surface area (Å²) in [6.45, 7) is 3.76. The van der Waals surface area contributed by atoms with Crippen LogP contribution in [0.5, 0.6) is 0 Å². The summed E-state index contributed by atoms with van der Waals surface area (Å²) in [7, 11) is 0. The summed E-state index contributed by atoms with van der Waals surface area (Å²) in [6, 6.07) is 9.74. The van der Waals surface area contributed by atoms with E-state index in [0.29, 0.717) is 12.5 Å². The number of benzene rings is 1. The van der Waals surface area contributed by atoms with Crippen LogP contribution in [0, 0.1) is 0 Å². The largest absolute Gasteiger partial charge is 0.395 e. The van der Waals surface area contributed by atoms with E-state index in [1.807, 2.05) is 30.3 Å². The highest BCUT2D eigenvalue weighted by Crippen LogP contribution is 2.24. The number of fused-ring (bicyclic) bond motifs is 1. The number of anilines is 3. The smallest absolute Gasteiger partial charge is 0.228 e. The van der Waals surface area contributed by atoms with Gasteiger partial charge in [-0.1, -0.05) is 12.1 Å². The Labute approximate surface area is 151 Å². The molecule has 3 aromatic rings. The summed E-state index contributed by atoms with van der Waals surface area (Å²) in [5.74, 6) is 2.23. The van der Waals surface area contributed by atoms with Crippen LogP contribution >= 0.6 is 0 Å². The number of rotatable bonds is 5. The van der Waals surface area contributed by atoms with Crippen LogP contribution in [0.4, 0.5) is 17.7 Å². The molecule has 0 radical (unpaired) electrons. The maximum absolute atomic E-state index is 9.12. The standard InChI is InChI=1S/C18H21N7O/c26-13-8-19-16-14-4-1-2-5-15(14)22-18(23-16)25-11-9-24(10-12-25)17-20-6-3-7-21-17/h1-7,26H,8-13H2,(H,19,22,23). The molecule has 8 heteroatoms. The van der Waals surface area contributed by atoms with Crippen molar-refractivity contribution in [3.05, 3.63) is 42.7 Å². The number of piperazine rings is 1. The molecule has 1 saturated heterocycles. The minimum absolute atomic E-state index is 0.0589. The van der Waals surface area contributed by atoms with Crippen molar-refractivity contribution in [2.24, 2.45) is 0 Å². The Hall–Kier alpha value is -3.00. The maximum Gasteiger partial charge on any atom is 0.228 e. The quantitative estimate of drug-likeness (QED) is 0.707. The minimum Gasteiger partial charge on any atom is -0.395 e. The average Bonchev–Trinajstić information content (AvgIpc) is 2.72. The first-order valence-corrected chi connectivity index (χ1v) is 8.73. The highest BCUT2D eigenvalue weighted by Gasteiger charge is 2.21. The molecule has 26 heavy (non-hydrogen) atoms. The van der Waals surface area contributed by atoms with Crippen molar-refractivity contribution in [3.63, 3.8) is 0 Å². The zero-order valence-electron chi connectivity index (χ0n) is 14.4. The number of para-hydroxylation sites is 1. The van der Waals surface area contributed by atoms with Gasteiger partial charge >= 0.3 is 0 Å². The molecule has 0 amide bonds. The SMILES string of the molecule is OCCNc1nc(N2CCN(c3ncccn3)CC2)nc2ccccc12. The lowest BCUT2D eigenvalue weighted by molar-refractivity contribution is 0.311. The molecular formula is C18H21N7O. The number of aliphatic hydroxyl groups excluding tert-OH is 1. The van der Waals surface area contributed by atoms with Crippen LogP contribution in [0.3, 0.4) is 0 Å². The van der Waals surface area contributed by atoms with Crippen molar-refractivity contribution >= 4 is 28.6 Å². The first-order valence-electron chi connectivity index (χ1n) is 8.73. The van der Waals surface area contributed by atoms with Crippen molar-refractivity contribution in [1.82, 2.24) is 19.9 Å². The molecule has 0 atom stereocenters. The minimum atomic E-state index is 0.0589. The number of hydrogen-bond donors (Lipinski definition) is 2. The van der Waals surface area contributed by atoms with Crippen LogP contribution in [0.15, 0.2) is 42.7 Å². The summed E-state index contributed by atoms with van der Waals surface area (Å²) in [6.07, 6.45) is 3.53. The summed E-state index contributed by atoms with van der Waals surface area (Å²) < 4.78 is 0. The number of nitrogens with one attached hydrogen (secondary N) is 1. The zero-order chi connectivity index (χ0) is 17.8. The van der Waals surface area contributed by atoms with Crippen molar-refractivity contribution in [3.8, 4) is 0 Å². The fraction of sp³-hybridized carbons (Fsp3) is 0.333. The first kappa shape index (κ1) is 16.5. The van der Waals surface area contributed by atoms with Gasteiger partial charge in [-0.25, -0.2) is 15.0 Å². The van der Waals surface area contributed by atoms with E-state index in [-0.39, 0.29) is 6.61 Å². The van der Waals surface area contributed by atoms with Gasteiger partial charge in [0.05, 0.1) is 12.1 Å². The fourth-order valence-corrected chi connectivity index (χ4v) is 3.08. The second kappa shape index (κ2) is 7.49. The molecule has 0 saturated carbocycles. The van der Waals surface area contributed by atoms with Gasteiger partial charge in [0.15, 0.2) is 0 Å². The van der Waals surface area contributed by atoms with E-state index < -0.39 is 0 Å². The summed E-state index contributed by atoms with van der Waals surface area (Å²) >= 11 is 0. The molecule has 0 bridgehead atoms. The van der Waals surface area contributed by atoms with Gasteiger partial charge < -0.3 is 20.2 Å². The van der Waals surface area contributed by atoms with Gasteiger partial charge in [-0.15, -0.1) is 0 Å². The number of nitrogens with zero attached hydrogens (tertiary/aromatic N) is 6. The van der Waals surface area contributed by atoms with Gasteiger partial charge in [0.2, 0.25) is 11.9 Å². The van der Waals surface area contributed by atoms with Gasteiger partial charge in [-0.05, 0) is 18.2 Å². The summed E-state index contributed by atoms with van der Waals surface area (Å²) in [4.78, 5) is 22.4. The lowest BCUT2D eigenvalue weighted by atomic mass is 10.2. The molecule has 1 aliphatic rings. The first-order chi connectivity index (χ1) is 12.8. The molecule has 134 valence electrons. The van der Waals surface area contributed by atoms with Crippen molar-refractivity contribution < 1.29 is 5.11 Å². The predicted molar refractivity (Wildman–Crippen MR) is 102 cm³/mol. The van der Waals surface area contributed by atoms with Gasteiger partial charge in [0, 0.05) is 50.5 Å². The van der Waals surface area contributed by atoms with Crippen molar-refractivity contribution in [1.29, 1.82) is 0 Å². The maximum atomic E-state index is 9.12. The third-order valence-electron chi connectivity index (χ3n) is 4.39. The van der Waals surface area contributed by atoms with E-state index in [0.717, 1.165) is 48.8 Å². The molecule has 0 spiro atoms. The molecule has 0 unspecified atom stereocenters. The van der Waals surface area contributed by atoms with E-state index in [9.17, 15) is 0 Å². The van der Waals surface area contributed by atoms with E-state index >= 15 is 0 Å². The van der Waals surface area contributed by atoms with E-state index in [1.54, 1.807) is 12.4 Å². The summed E-state index contributed by atoms with van der Waals surface area (Å²) in [5.41, 5.74) is 0.895. The molecule has 8 nitrogen and oxygen atoms in total.